The molecule has 0 aromatic carbocycles. The SMILES string of the molecule is ClC(Cl)=C(Cl)Cl.[Ni].[P]. The standard InChI is InChI=1S/C2Cl4.Ni.P/c3-1(4)2(5)6;;. The summed E-state index contributed by atoms with van der Waals surface area (Å²) in [5.74, 6) is 0. The van der Waals surface area contributed by atoms with Crippen LogP contribution in [0, 0.1) is 0 Å². The van der Waals surface area contributed by atoms with Crippen molar-refractivity contribution < 1.29 is 16.5 Å². The van der Waals surface area contributed by atoms with E-state index >= 15 is 0 Å². The Balaban J connectivity index is -0.000000125. The first-order chi connectivity index (χ1) is 2.64. The van der Waals surface area contributed by atoms with E-state index in [1.807, 2.05) is 0 Å². The van der Waals surface area contributed by atoms with E-state index in [2.05, 4.69) is 0 Å². The van der Waals surface area contributed by atoms with Gasteiger partial charge in [0.05, 0.1) is 0 Å². The van der Waals surface area contributed by atoms with Gasteiger partial charge in [0.25, 0.3) is 0 Å². The van der Waals surface area contributed by atoms with Gasteiger partial charge in [-0.25, -0.2) is 0 Å². The zero-order valence-electron chi connectivity index (χ0n) is 3.28. The van der Waals surface area contributed by atoms with Crippen molar-refractivity contribution in [1.82, 2.24) is 0 Å². The molecule has 3 radical (unpaired) electrons. The van der Waals surface area contributed by atoms with E-state index in [1.165, 1.54) is 0 Å². The molecule has 0 fully saturated rings. The Morgan fingerprint density at radius 1 is 0.750 bits per heavy atom. The van der Waals surface area contributed by atoms with Crippen LogP contribution in [0.25, 0.3) is 0 Å². The molecule has 0 saturated carbocycles. The molecular weight excluding hydrogens is 256 g/mol. The van der Waals surface area contributed by atoms with Crippen LogP contribution in [0.1, 0.15) is 0 Å². The molecule has 0 heterocycles. The number of hydrogen-bond acceptors (Lipinski definition) is 0. The maximum atomic E-state index is 4.99. The van der Waals surface area contributed by atoms with Crippen molar-refractivity contribution >= 4 is 56.3 Å². The van der Waals surface area contributed by atoms with Gasteiger partial charge in [-0.1, -0.05) is 46.4 Å². The first-order valence-electron chi connectivity index (χ1n) is 1.01. The zero-order valence-corrected chi connectivity index (χ0v) is 8.18. The quantitative estimate of drug-likeness (QED) is 0.454. The summed E-state index contributed by atoms with van der Waals surface area (Å²) in [6.07, 6.45) is 0. The van der Waals surface area contributed by atoms with Crippen molar-refractivity contribution in [2.45, 2.75) is 0 Å². The number of hydrogen-bond donors (Lipinski definition) is 0. The largest absolute Gasteiger partial charge is 0.136 e. The summed E-state index contributed by atoms with van der Waals surface area (Å²) in [7, 11) is 0. The van der Waals surface area contributed by atoms with Crippen molar-refractivity contribution in [3.8, 4) is 0 Å². The molecule has 0 bridgehead atoms. The Labute approximate surface area is 81.4 Å². The zero-order chi connectivity index (χ0) is 5.15. The van der Waals surface area contributed by atoms with Crippen LogP contribution in [0.5, 0.6) is 0 Å². The fraction of sp³-hybridized carbons (Fsp3) is 0. The summed E-state index contributed by atoms with van der Waals surface area (Å²) >= 11 is 20.0. The van der Waals surface area contributed by atoms with Crippen molar-refractivity contribution in [1.29, 1.82) is 0 Å². The third-order valence-electron chi connectivity index (χ3n) is 0.143. The molecule has 6 heteroatoms. The van der Waals surface area contributed by atoms with Crippen LogP contribution in [-0.2, 0) is 16.5 Å². The van der Waals surface area contributed by atoms with Gasteiger partial charge in [-0.05, 0) is 0 Å². The molecule has 0 amide bonds. The average Bonchev–Trinajstić information content (AvgIpc) is 1.36. The first-order valence-corrected chi connectivity index (χ1v) is 2.52. The second kappa shape index (κ2) is 8.82. The fourth-order valence-corrected chi connectivity index (χ4v) is 0. The second-order valence-corrected chi connectivity index (χ2v) is 2.42. The minimum Gasteiger partial charge on any atom is -0.0682 e. The van der Waals surface area contributed by atoms with Crippen molar-refractivity contribution in [3.63, 3.8) is 0 Å². The molecule has 0 aliphatic carbocycles. The molecule has 0 saturated heterocycles. The Hall–Kier alpha value is 1.82. The van der Waals surface area contributed by atoms with Gasteiger partial charge in [0.15, 0.2) is 0 Å². The molecule has 8 heavy (non-hydrogen) atoms. The molecular formula is C2Cl4NiP. The van der Waals surface area contributed by atoms with Crippen molar-refractivity contribution in [2.75, 3.05) is 0 Å². The van der Waals surface area contributed by atoms with Gasteiger partial charge in [0, 0.05) is 26.4 Å². The Morgan fingerprint density at radius 3 is 0.875 bits per heavy atom. The molecule has 0 nitrogen and oxygen atoms in total. The van der Waals surface area contributed by atoms with Crippen molar-refractivity contribution in [2.24, 2.45) is 0 Å². The van der Waals surface area contributed by atoms with E-state index in [4.69, 9.17) is 46.4 Å². The second-order valence-electron chi connectivity index (χ2n) is 0.521. The summed E-state index contributed by atoms with van der Waals surface area (Å²) in [6.45, 7) is 0. The van der Waals surface area contributed by atoms with Crippen LogP contribution in [0.4, 0.5) is 0 Å². The van der Waals surface area contributed by atoms with Gasteiger partial charge in [-0.15, -0.1) is 0 Å². The van der Waals surface area contributed by atoms with Crippen LogP contribution in [0.3, 0.4) is 0 Å². The molecule has 0 aromatic rings. The third kappa shape index (κ3) is 10.7. The smallest absolute Gasteiger partial charge is 0.0682 e. The molecule has 0 aliphatic heterocycles. The molecule has 0 aromatic heterocycles. The molecule has 0 N–H and O–H groups in total. The normalized spacial score (nSPS) is 6.00. The van der Waals surface area contributed by atoms with Crippen LogP contribution in [0.2, 0.25) is 0 Å². The van der Waals surface area contributed by atoms with Gasteiger partial charge in [0.2, 0.25) is 0 Å². The van der Waals surface area contributed by atoms with E-state index in [-0.39, 0.29) is 35.4 Å². The maximum Gasteiger partial charge on any atom is 0.136 e. The van der Waals surface area contributed by atoms with E-state index in [1.54, 1.807) is 0 Å². The van der Waals surface area contributed by atoms with E-state index < -0.39 is 0 Å². The molecule has 0 atom stereocenters. The minimum atomic E-state index is -0.0988. The Bertz CT molecular complexity index is 64.1. The summed E-state index contributed by atoms with van der Waals surface area (Å²) in [5, 5.41) is 0. The van der Waals surface area contributed by atoms with Gasteiger partial charge in [-0.2, -0.15) is 0 Å². The van der Waals surface area contributed by atoms with Crippen LogP contribution in [0.15, 0.2) is 8.98 Å². The molecule has 0 rings (SSSR count). The molecule has 0 aliphatic rings. The molecule has 0 spiro atoms. The number of rotatable bonds is 0. The minimum absolute atomic E-state index is 0. The van der Waals surface area contributed by atoms with Crippen LogP contribution in [-0.4, -0.2) is 0 Å². The third-order valence-corrected chi connectivity index (χ3v) is 1.29. The van der Waals surface area contributed by atoms with E-state index in [0.29, 0.717) is 0 Å². The summed E-state index contributed by atoms with van der Waals surface area (Å²) < 4.78 is -0.198. The predicted octanol–water partition coefficient (Wildman–Crippen LogP) is 3.93. The number of halogens is 4. The predicted molar refractivity (Wildman–Crippen MR) is 37.4 cm³/mol. The topological polar surface area (TPSA) is 0 Å². The summed E-state index contributed by atoms with van der Waals surface area (Å²) in [4.78, 5) is 0. The first kappa shape index (κ1) is 16.4. The molecule has 0 unspecified atom stereocenters. The monoisotopic (exact) mass is 253 g/mol. The van der Waals surface area contributed by atoms with Gasteiger partial charge >= 0.3 is 0 Å². The maximum absolute atomic E-state index is 4.99. The van der Waals surface area contributed by atoms with Crippen molar-refractivity contribution in [3.05, 3.63) is 8.98 Å². The Morgan fingerprint density at radius 2 is 0.875 bits per heavy atom. The van der Waals surface area contributed by atoms with Gasteiger partial charge in [-0.3, -0.25) is 0 Å². The Kier molecular flexibility index (Phi) is 18.1. The molecule has 51 valence electrons. The summed E-state index contributed by atoms with van der Waals surface area (Å²) in [5.41, 5.74) is 0. The van der Waals surface area contributed by atoms with Crippen LogP contribution < -0.4 is 0 Å². The average molecular weight is 256 g/mol. The van der Waals surface area contributed by atoms with Gasteiger partial charge in [0.1, 0.15) is 8.98 Å². The fourth-order valence-electron chi connectivity index (χ4n) is 0. The summed E-state index contributed by atoms with van der Waals surface area (Å²) in [6, 6.07) is 0. The van der Waals surface area contributed by atoms with Crippen LogP contribution >= 0.6 is 56.3 Å². The van der Waals surface area contributed by atoms with E-state index in [0.717, 1.165) is 0 Å². The van der Waals surface area contributed by atoms with E-state index in [9.17, 15) is 0 Å². The van der Waals surface area contributed by atoms with Gasteiger partial charge < -0.3 is 0 Å².